The number of rotatable bonds is 2. The van der Waals surface area contributed by atoms with Gasteiger partial charge in [-0.3, -0.25) is 4.68 Å². The largest absolute Gasteiger partial charge is 0.465 e. The third-order valence-electron chi connectivity index (χ3n) is 4.54. The lowest BCUT2D eigenvalue weighted by Gasteiger charge is -2.30. The van der Waals surface area contributed by atoms with Gasteiger partial charge in [0.05, 0.1) is 30.6 Å². The summed E-state index contributed by atoms with van der Waals surface area (Å²) in [5.41, 5.74) is 2.14. The van der Waals surface area contributed by atoms with Crippen LogP contribution in [-0.4, -0.2) is 46.0 Å². The SMILES string of the molecule is COC(=O)c1ccc(-c2nn(C)c3c2CCN(C(=O)OC(C)(C)C)C3)c(F)c1. The van der Waals surface area contributed by atoms with Gasteiger partial charge in [0.1, 0.15) is 11.4 Å². The number of fused-ring (bicyclic) bond motifs is 1. The minimum absolute atomic E-state index is 0.143. The van der Waals surface area contributed by atoms with Gasteiger partial charge in [-0.05, 0) is 45.4 Å². The first-order valence-corrected chi connectivity index (χ1v) is 9.01. The molecule has 1 aromatic carbocycles. The fourth-order valence-corrected chi connectivity index (χ4v) is 3.22. The number of hydrogen-bond acceptors (Lipinski definition) is 5. The zero-order chi connectivity index (χ0) is 20.6. The normalized spacial score (nSPS) is 13.9. The number of nitrogens with zero attached hydrogens (tertiary/aromatic N) is 3. The molecule has 1 aliphatic heterocycles. The van der Waals surface area contributed by atoms with Crippen LogP contribution in [0.2, 0.25) is 0 Å². The Kier molecular flexibility index (Phi) is 5.14. The number of benzene rings is 1. The summed E-state index contributed by atoms with van der Waals surface area (Å²) < 4.78 is 26.4. The van der Waals surface area contributed by atoms with Gasteiger partial charge >= 0.3 is 12.1 Å². The molecular formula is C20H24FN3O4. The van der Waals surface area contributed by atoms with Crippen molar-refractivity contribution in [2.75, 3.05) is 13.7 Å². The van der Waals surface area contributed by atoms with E-state index in [0.29, 0.717) is 30.8 Å². The number of aromatic nitrogens is 2. The molecule has 1 aromatic heterocycles. The fourth-order valence-electron chi connectivity index (χ4n) is 3.22. The van der Waals surface area contributed by atoms with Crippen molar-refractivity contribution in [1.82, 2.24) is 14.7 Å². The monoisotopic (exact) mass is 389 g/mol. The molecule has 0 radical (unpaired) electrons. The predicted molar refractivity (Wildman–Crippen MR) is 100 cm³/mol. The van der Waals surface area contributed by atoms with Crippen molar-refractivity contribution in [3.8, 4) is 11.3 Å². The second-order valence-corrected chi connectivity index (χ2v) is 7.74. The van der Waals surface area contributed by atoms with Gasteiger partial charge in [0.15, 0.2) is 0 Å². The molecule has 0 fully saturated rings. The minimum Gasteiger partial charge on any atom is -0.465 e. The van der Waals surface area contributed by atoms with E-state index in [1.54, 1.807) is 16.6 Å². The van der Waals surface area contributed by atoms with E-state index in [4.69, 9.17) is 4.74 Å². The standard InChI is InChI=1S/C20H24FN3O4/c1-20(2,3)28-19(26)24-9-8-14-16(11-24)23(4)22-17(14)13-7-6-12(10-15(13)21)18(25)27-5/h6-7,10H,8-9,11H2,1-5H3. The summed E-state index contributed by atoms with van der Waals surface area (Å²) >= 11 is 0. The second-order valence-electron chi connectivity index (χ2n) is 7.74. The van der Waals surface area contributed by atoms with E-state index in [2.05, 4.69) is 9.84 Å². The van der Waals surface area contributed by atoms with Crippen molar-refractivity contribution in [1.29, 1.82) is 0 Å². The van der Waals surface area contributed by atoms with Crippen LogP contribution >= 0.6 is 0 Å². The van der Waals surface area contributed by atoms with E-state index < -0.39 is 17.4 Å². The van der Waals surface area contributed by atoms with Gasteiger partial charge < -0.3 is 14.4 Å². The molecule has 3 rings (SSSR count). The molecule has 28 heavy (non-hydrogen) atoms. The minimum atomic E-state index is -0.596. The maximum Gasteiger partial charge on any atom is 0.410 e. The molecule has 1 aliphatic rings. The Morgan fingerprint density at radius 2 is 1.96 bits per heavy atom. The number of carbonyl (C=O) groups is 2. The molecule has 7 nitrogen and oxygen atoms in total. The van der Waals surface area contributed by atoms with Crippen LogP contribution in [0.5, 0.6) is 0 Å². The number of ether oxygens (including phenoxy) is 2. The molecule has 150 valence electrons. The van der Waals surface area contributed by atoms with Crippen molar-refractivity contribution >= 4 is 12.1 Å². The van der Waals surface area contributed by atoms with Gasteiger partial charge in [0.25, 0.3) is 0 Å². The lowest BCUT2D eigenvalue weighted by Crippen LogP contribution is -2.40. The van der Waals surface area contributed by atoms with Crippen molar-refractivity contribution in [3.63, 3.8) is 0 Å². The molecule has 0 saturated heterocycles. The molecule has 0 saturated carbocycles. The molecule has 0 bridgehead atoms. The number of esters is 1. The van der Waals surface area contributed by atoms with Crippen molar-refractivity contribution in [2.24, 2.45) is 7.05 Å². The first-order valence-electron chi connectivity index (χ1n) is 9.01. The highest BCUT2D eigenvalue weighted by atomic mass is 19.1. The van der Waals surface area contributed by atoms with E-state index >= 15 is 0 Å². The lowest BCUT2D eigenvalue weighted by molar-refractivity contribution is 0.0219. The third-order valence-corrected chi connectivity index (χ3v) is 4.54. The fraction of sp³-hybridized carbons (Fsp3) is 0.450. The maximum absolute atomic E-state index is 14.7. The highest BCUT2D eigenvalue weighted by molar-refractivity contribution is 5.90. The molecule has 1 amide bonds. The van der Waals surface area contributed by atoms with Gasteiger partial charge in [0, 0.05) is 24.7 Å². The first kappa shape index (κ1) is 19.9. The topological polar surface area (TPSA) is 73.7 Å². The van der Waals surface area contributed by atoms with Crippen molar-refractivity contribution in [2.45, 2.75) is 39.3 Å². The van der Waals surface area contributed by atoms with E-state index in [0.717, 1.165) is 17.3 Å². The molecule has 0 atom stereocenters. The summed E-state index contributed by atoms with van der Waals surface area (Å²) in [6.45, 7) is 6.27. The highest BCUT2D eigenvalue weighted by Gasteiger charge is 2.30. The van der Waals surface area contributed by atoms with Crippen molar-refractivity contribution in [3.05, 3.63) is 40.8 Å². The summed E-state index contributed by atoms with van der Waals surface area (Å²) in [4.78, 5) is 25.6. The molecule has 0 unspecified atom stereocenters. The Bertz CT molecular complexity index is 930. The average molecular weight is 389 g/mol. The number of aryl methyl sites for hydroxylation is 1. The van der Waals surface area contributed by atoms with Crippen LogP contribution in [0.4, 0.5) is 9.18 Å². The Labute approximate surface area is 163 Å². The average Bonchev–Trinajstić information content (AvgIpc) is 2.95. The highest BCUT2D eigenvalue weighted by Crippen LogP contribution is 2.32. The van der Waals surface area contributed by atoms with Crippen LogP contribution in [-0.2, 0) is 29.5 Å². The quantitative estimate of drug-likeness (QED) is 0.737. The van der Waals surface area contributed by atoms with E-state index in [1.807, 2.05) is 20.8 Å². The van der Waals surface area contributed by atoms with Crippen LogP contribution in [0.25, 0.3) is 11.3 Å². The zero-order valence-electron chi connectivity index (χ0n) is 16.7. The van der Waals surface area contributed by atoms with Crippen LogP contribution < -0.4 is 0 Å². The van der Waals surface area contributed by atoms with Crippen LogP contribution in [0.15, 0.2) is 18.2 Å². The Morgan fingerprint density at radius 1 is 1.25 bits per heavy atom. The van der Waals surface area contributed by atoms with Gasteiger partial charge in [0.2, 0.25) is 0 Å². The maximum atomic E-state index is 14.7. The lowest BCUT2D eigenvalue weighted by atomic mass is 9.99. The van der Waals surface area contributed by atoms with Crippen LogP contribution in [0.3, 0.4) is 0 Å². The number of amides is 1. The van der Waals surface area contributed by atoms with E-state index in [1.165, 1.54) is 19.2 Å². The first-order chi connectivity index (χ1) is 13.1. The number of hydrogen-bond donors (Lipinski definition) is 0. The summed E-state index contributed by atoms with van der Waals surface area (Å²) in [5, 5.41) is 4.47. The van der Waals surface area contributed by atoms with Gasteiger partial charge in [-0.1, -0.05) is 0 Å². The second kappa shape index (κ2) is 7.26. The Balaban J connectivity index is 1.90. The molecule has 0 aliphatic carbocycles. The summed E-state index contributed by atoms with van der Waals surface area (Å²) in [6, 6.07) is 4.20. The number of methoxy groups -OCH3 is 1. The Hall–Kier alpha value is -2.90. The van der Waals surface area contributed by atoms with Crippen LogP contribution in [0, 0.1) is 5.82 Å². The summed E-state index contributed by atoms with van der Waals surface area (Å²) in [6.07, 6.45) is 0.158. The molecule has 2 heterocycles. The van der Waals surface area contributed by atoms with Gasteiger partial charge in [-0.2, -0.15) is 5.10 Å². The summed E-state index contributed by atoms with van der Waals surface area (Å²) in [5.74, 6) is -1.14. The van der Waals surface area contributed by atoms with E-state index in [-0.39, 0.29) is 11.7 Å². The molecule has 2 aromatic rings. The molecule has 8 heteroatoms. The van der Waals surface area contributed by atoms with Crippen molar-refractivity contribution < 1.29 is 23.5 Å². The molecular weight excluding hydrogens is 365 g/mol. The molecule has 0 spiro atoms. The molecule has 0 N–H and O–H groups in total. The third kappa shape index (κ3) is 3.85. The Morgan fingerprint density at radius 3 is 2.57 bits per heavy atom. The van der Waals surface area contributed by atoms with Gasteiger partial charge in [-0.15, -0.1) is 0 Å². The summed E-state index contributed by atoms with van der Waals surface area (Å²) in [7, 11) is 3.02. The van der Waals surface area contributed by atoms with Crippen LogP contribution in [0.1, 0.15) is 42.4 Å². The van der Waals surface area contributed by atoms with Gasteiger partial charge in [-0.25, -0.2) is 14.0 Å². The number of carbonyl (C=O) groups excluding carboxylic acids is 2. The smallest absolute Gasteiger partial charge is 0.410 e. The van der Waals surface area contributed by atoms with E-state index in [9.17, 15) is 14.0 Å². The predicted octanol–water partition coefficient (Wildman–Crippen LogP) is 3.31. The number of halogens is 1. The zero-order valence-corrected chi connectivity index (χ0v) is 16.7.